The summed E-state index contributed by atoms with van der Waals surface area (Å²) < 4.78 is 31.4. The van der Waals surface area contributed by atoms with Crippen LogP contribution < -0.4 is 10.5 Å². The number of nitrogens with two attached hydrogens (primary N) is 1. The molecule has 0 aliphatic carbocycles. The molecular weight excluding hydrogens is 264 g/mol. The Labute approximate surface area is 104 Å². The van der Waals surface area contributed by atoms with Crippen LogP contribution in [-0.2, 0) is 10.0 Å². The average Bonchev–Trinajstić information content (AvgIpc) is 2.48. The summed E-state index contributed by atoms with van der Waals surface area (Å²) in [7, 11) is -3.65. The molecule has 0 saturated carbocycles. The lowest BCUT2D eigenvalue weighted by Crippen LogP contribution is -2.07. The Hall–Kier alpha value is -1.53. The van der Waals surface area contributed by atoms with Crippen LogP contribution in [0.15, 0.2) is 39.6 Å². The maximum atomic E-state index is 11.4. The number of nitrogens with zero attached hydrogens (tertiary/aromatic N) is 1. The zero-order valence-corrected chi connectivity index (χ0v) is 10.2. The van der Waals surface area contributed by atoms with Gasteiger partial charge in [0.1, 0.15) is 23.1 Å². The van der Waals surface area contributed by atoms with Crippen molar-refractivity contribution in [1.82, 2.24) is 0 Å². The van der Waals surface area contributed by atoms with Gasteiger partial charge in [0.25, 0.3) is 10.0 Å². The minimum Gasteiger partial charge on any atom is -0.488 e. The van der Waals surface area contributed by atoms with Gasteiger partial charge < -0.3 is 10.5 Å². The highest BCUT2D eigenvalue weighted by Crippen LogP contribution is 2.20. The molecule has 0 unspecified atom stereocenters. The third-order valence-electron chi connectivity index (χ3n) is 2.04. The van der Waals surface area contributed by atoms with Crippen molar-refractivity contribution in [3.8, 4) is 5.75 Å². The van der Waals surface area contributed by atoms with Gasteiger partial charge in [-0.1, -0.05) is 17.7 Å². The van der Waals surface area contributed by atoms with Gasteiger partial charge in [-0.2, -0.15) is 8.42 Å². The quantitative estimate of drug-likeness (QED) is 0.899. The summed E-state index contributed by atoms with van der Waals surface area (Å²) in [5.74, 6) is 0.453. The lowest BCUT2D eigenvalue weighted by atomic mass is 10.3. The van der Waals surface area contributed by atoms with Crippen LogP contribution in [-0.4, -0.2) is 20.9 Å². The Morgan fingerprint density at radius 1 is 1.41 bits per heavy atom. The van der Waals surface area contributed by atoms with Crippen LogP contribution in [0.2, 0.25) is 5.02 Å². The Balaban J connectivity index is 2.08. The number of amidine groups is 1. The minimum atomic E-state index is -3.65. The number of hydrogen-bond donors (Lipinski definition) is 1. The summed E-state index contributed by atoms with van der Waals surface area (Å²) in [6.45, 7) is -0.118. The van der Waals surface area contributed by atoms with Gasteiger partial charge in [-0.05, 0) is 18.2 Å². The van der Waals surface area contributed by atoms with E-state index in [0.717, 1.165) is 0 Å². The van der Waals surface area contributed by atoms with Crippen LogP contribution in [0.1, 0.15) is 0 Å². The standard InChI is InChI=1S/C10H9ClN2O3S/c11-7-2-1-3-8(4-7)16-6-9-5-10(12)13-17(9,14)15/h1-5H,6H2,(H2,12,13). The van der Waals surface area contributed by atoms with Crippen molar-refractivity contribution in [2.75, 3.05) is 6.61 Å². The zero-order chi connectivity index (χ0) is 12.5. The van der Waals surface area contributed by atoms with Crippen molar-refractivity contribution in [1.29, 1.82) is 0 Å². The molecule has 0 bridgehead atoms. The summed E-state index contributed by atoms with van der Waals surface area (Å²) in [5.41, 5.74) is 5.31. The Morgan fingerprint density at radius 3 is 2.76 bits per heavy atom. The Bertz CT molecular complexity index is 608. The molecule has 0 atom stereocenters. The van der Waals surface area contributed by atoms with Gasteiger partial charge in [0.05, 0.1) is 0 Å². The molecule has 17 heavy (non-hydrogen) atoms. The third kappa shape index (κ3) is 2.78. The van der Waals surface area contributed by atoms with Crippen molar-refractivity contribution in [2.45, 2.75) is 0 Å². The molecule has 1 heterocycles. The smallest absolute Gasteiger partial charge is 0.283 e. The monoisotopic (exact) mass is 272 g/mol. The number of benzene rings is 1. The molecule has 0 amide bonds. The minimum absolute atomic E-state index is 0.0327. The van der Waals surface area contributed by atoms with Crippen molar-refractivity contribution in [3.63, 3.8) is 0 Å². The predicted octanol–water partition coefficient (Wildman–Crippen LogP) is 1.30. The van der Waals surface area contributed by atoms with E-state index in [1.165, 1.54) is 6.08 Å². The van der Waals surface area contributed by atoms with Crippen LogP contribution >= 0.6 is 11.6 Å². The second-order valence-electron chi connectivity index (χ2n) is 3.35. The fourth-order valence-electron chi connectivity index (χ4n) is 1.29. The molecule has 2 rings (SSSR count). The highest BCUT2D eigenvalue weighted by atomic mass is 35.5. The van der Waals surface area contributed by atoms with Crippen molar-refractivity contribution in [2.24, 2.45) is 10.1 Å². The lowest BCUT2D eigenvalue weighted by molar-refractivity contribution is 0.358. The summed E-state index contributed by atoms with van der Waals surface area (Å²) in [5, 5.41) is 0.515. The maximum absolute atomic E-state index is 11.4. The molecule has 1 aliphatic rings. The largest absolute Gasteiger partial charge is 0.488 e. The first-order valence-electron chi connectivity index (χ1n) is 4.67. The molecule has 0 saturated heterocycles. The molecule has 0 radical (unpaired) electrons. The van der Waals surface area contributed by atoms with E-state index in [1.807, 2.05) is 0 Å². The van der Waals surface area contributed by atoms with E-state index in [2.05, 4.69) is 4.40 Å². The molecule has 0 spiro atoms. The molecule has 7 heteroatoms. The fraction of sp³-hybridized carbons (Fsp3) is 0.100. The second-order valence-corrected chi connectivity index (χ2v) is 5.44. The van der Waals surface area contributed by atoms with Gasteiger partial charge in [-0.15, -0.1) is 4.40 Å². The van der Waals surface area contributed by atoms with Gasteiger partial charge in [-0.3, -0.25) is 0 Å². The summed E-state index contributed by atoms with van der Waals surface area (Å²) in [6.07, 6.45) is 1.28. The van der Waals surface area contributed by atoms with Gasteiger partial charge in [-0.25, -0.2) is 0 Å². The molecule has 1 aliphatic heterocycles. The number of sulfonamides is 1. The second kappa shape index (κ2) is 4.38. The Morgan fingerprint density at radius 2 is 2.18 bits per heavy atom. The van der Waals surface area contributed by atoms with E-state index < -0.39 is 10.0 Å². The number of halogens is 1. The van der Waals surface area contributed by atoms with Crippen LogP contribution in [0.4, 0.5) is 0 Å². The number of ether oxygens (including phenoxy) is 1. The van der Waals surface area contributed by atoms with Crippen LogP contribution in [0, 0.1) is 0 Å². The first-order chi connectivity index (χ1) is 7.97. The summed E-state index contributed by atoms with van der Waals surface area (Å²) in [6, 6.07) is 6.67. The molecule has 0 fully saturated rings. The molecule has 90 valence electrons. The van der Waals surface area contributed by atoms with Gasteiger partial charge in [0.15, 0.2) is 0 Å². The summed E-state index contributed by atoms with van der Waals surface area (Å²) in [4.78, 5) is 0.0370. The SMILES string of the molecule is NC1=NS(=O)(=O)C(COc2cccc(Cl)c2)=C1. The van der Waals surface area contributed by atoms with Crippen molar-refractivity contribution < 1.29 is 13.2 Å². The topological polar surface area (TPSA) is 81.8 Å². The van der Waals surface area contributed by atoms with Gasteiger partial charge >= 0.3 is 0 Å². The number of hydrogen-bond acceptors (Lipinski definition) is 4. The molecule has 1 aromatic carbocycles. The van der Waals surface area contributed by atoms with Crippen molar-refractivity contribution in [3.05, 3.63) is 40.3 Å². The molecule has 1 aromatic rings. The predicted molar refractivity (Wildman–Crippen MR) is 65.6 cm³/mol. The normalized spacial score (nSPS) is 17.5. The zero-order valence-electron chi connectivity index (χ0n) is 8.63. The maximum Gasteiger partial charge on any atom is 0.283 e. The van der Waals surface area contributed by atoms with E-state index in [9.17, 15) is 8.42 Å². The van der Waals surface area contributed by atoms with E-state index in [0.29, 0.717) is 10.8 Å². The van der Waals surface area contributed by atoms with E-state index in [1.54, 1.807) is 24.3 Å². The van der Waals surface area contributed by atoms with Gasteiger partial charge in [0.2, 0.25) is 0 Å². The highest BCUT2D eigenvalue weighted by molar-refractivity contribution is 7.94. The molecule has 0 aromatic heterocycles. The molecular formula is C10H9ClN2O3S. The number of rotatable bonds is 3. The highest BCUT2D eigenvalue weighted by Gasteiger charge is 2.23. The molecule has 5 nitrogen and oxygen atoms in total. The first kappa shape index (κ1) is 11.9. The van der Waals surface area contributed by atoms with Gasteiger partial charge in [0, 0.05) is 11.1 Å². The van der Waals surface area contributed by atoms with Crippen LogP contribution in [0.5, 0.6) is 5.75 Å². The first-order valence-corrected chi connectivity index (χ1v) is 6.48. The van der Waals surface area contributed by atoms with Crippen molar-refractivity contribution >= 4 is 27.5 Å². The molecule has 2 N–H and O–H groups in total. The van der Waals surface area contributed by atoms with E-state index >= 15 is 0 Å². The van der Waals surface area contributed by atoms with Crippen LogP contribution in [0.3, 0.4) is 0 Å². The Kier molecular flexibility index (Phi) is 3.08. The van der Waals surface area contributed by atoms with Crippen LogP contribution in [0.25, 0.3) is 0 Å². The third-order valence-corrected chi connectivity index (χ3v) is 3.63. The lowest BCUT2D eigenvalue weighted by Gasteiger charge is -2.05. The van der Waals surface area contributed by atoms with E-state index in [-0.39, 0.29) is 17.3 Å². The van der Waals surface area contributed by atoms with E-state index in [4.69, 9.17) is 22.1 Å². The summed E-state index contributed by atoms with van der Waals surface area (Å²) >= 11 is 5.76. The average molecular weight is 273 g/mol. The fourth-order valence-corrected chi connectivity index (χ4v) is 2.40.